The van der Waals surface area contributed by atoms with Crippen LogP contribution in [0.3, 0.4) is 0 Å². The summed E-state index contributed by atoms with van der Waals surface area (Å²) in [6.45, 7) is 0.567. The Kier molecular flexibility index (Phi) is 3.91. The Bertz CT molecular complexity index is 451. The highest BCUT2D eigenvalue weighted by atomic mass is 19.2. The van der Waals surface area contributed by atoms with Gasteiger partial charge in [-0.25, -0.2) is 8.78 Å². The van der Waals surface area contributed by atoms with Crippen LogP contribution in [0, 0.1) is 11.6 Å². The van der Waals surface area contributed by atoms with Gasteiger partial charge in [0.1, 0.15) is 0 Å². The van der Waals surface area contributed by atoms with Crippen LogP contribution in [0.15, 0.2) is 18.2 Å². The number of nitrogens with zero attached hydrogens (tertiary/aromatic N) is 1. The molecule has 1 saturated heterocycles. The van der Waals surface area contributed by atoms with Crippen LogP contribution in [-0.2, 0) is 11.2 Å². The minimum Gasteiger partial charge on any atom is -0.394 e. The third-order valence-electron chi connectivity index (χ3n) is 3.25. The van der Waals surface area contributed by atoms with Crippen LogP contribution in [0.1, 0.15) is 18.4 Å². The van der Waals surface area contributed by atoms with E-state index >= 15 is 0 Å². The van der Waals surface area contributed by atoms with Crippen molar-refractivity contribution in [3.63, 3.8) is 0 Å². The van der Waals surface area contributed by atoms with Crippen LogP contribution in [0.2, 0.25) is 0 Å². The molecule has 0 radical (unpaired) electrons. The molecule has 2 rings (SSSR count). The van der Waals surface area contributed by atoms with Crippen molar-refractivity contribution in [2.45, 2.75) is 25.3 Å². The lowest BCUT2D eigenvalue weighted by Gasteiger charge is -2.23. The number of halogens is 2. The van der Waals surface area contributed by atoms with Crippen molar-refractivity contribution < 1.29 is 18.7 Å². The molecule has 0 spiro atoms. The summed E-state index contributed by atoms with van der Waals surface area (Å²) in [7, 11) is 0. The highest BCUT2D eigenvalue weighted by Gasteiger charge is 2.27. The van der Waals surface area contributed by atoms with Crippen LogP contribution < -0.4 is 0 Å². The fourth-order valence-electron chi connectivity index (χ4n) is 2.28. The Morgan fingerprint density at radius 2 is 2.17 bits per heavy atom. The van der Waals surface area contributed by atoms with Crippen molar-refractivity contribution in [3.8, 4) is 0 Å². The first-order valence-electron chi connectivity index (χ1n) is 5.96. The Labute approximate surface area is 104 Å². The lowest BCUT2D eigenvalue weighted by Crippen LogP contribution is -2.38. The summed E-state index contributed by atoms with van der Waals surface area (Å²) in [5, 5.41) is 9.13. The molecule has 1 aromatic rings. The molecule has 1 aliphatic rings. The lowest BCUT2D eigenvalue weighted by molar-refractivity contribution is -0.131. The predicted octanol–water partition coefficient (Wildman–Crippen LogP) is 1.49. The Balaban J connectivity index is 2.04. The number of aliphatic hydroxyl groups excluding tert-OH is 1. The first-order valence-corrected chi connectivity index (χ1v) is 5.96. The third kappa shape index (κ3) is 2.67. The molecule has 0 saturated carbocycles. The molecular formula is C13H15F2NO2. The van der Waals surface area contributed by atoms with Crippen molar-refractivity contribution in [3.05, 3.63) is 35.4 Å². The number of carbonyl (C=O) groups is 1. The van der Waals surface area contributed by atoms with E-state index in [0.29, 0.717) is 12.1 Å². The molecule has 0 aromatic heterocycles. The highest BCUT2D eigenvalue weighted by Crippen LogP contribution is 2.18. The van der Waals surface area contributed by atoms with Gasteiger partial charge in [-0.2, -0.15) is 0 Å². The van der Waals surface area contributed by atoms with Gasteiger partial charge < -0.3 is 10.0 Å². The minimum absolute atomic E-state index is 0.0354. The van der Waals surface area contributed by atoms with E-state index in [-0.39, 0.29) is 25.0 Å². The molecule has 1 heterocycles. The average molecular weight is 255 g/mol. The summed E-state index contributed by atoms with van der Waals surface area (Å²) in [4.78, 5) is 13.6. The Hall–Kier alpha value is -1.49. The molecule has 1 unspecified atom stereocenters. The van der Waals surface area contributed by atoms with E-state index in [0.717, 1.165) is 25.0 Å². The van der Waals surface area contributed by atoms with E-state index in [1.54, 1.807) is 4.90 Å². The molecule has 0 aliphatic carbocycles. The fourth-order valence-corrected chi connectivity index (χ4v) is 2.28. The third-order valence-corrected chi connectivity index (χ3v) is 3.25. The molecule has 1 fully saturated rings. The van der Waals surface area contributed by atoms with Gasteiger partial charge in [-0.3, -0.25) is 4.79 Å². The monoisotopic (exact) mass is 255 g/mol. The van der Waals surface area contributed by atoms with Crippen molar-refractivity contribution in [1.82, 2.24) is 4.90 Å². The van der Waals surface area contributed by atoms with E-state index < -0.39 is 11.6 Å². The van der Waals surface area contributed by atoms with Gasteiger partial charge in [0.25, 0.3) is 0 Å². The maximum atomic E-state index is 13.0. The standard InChI is InChI=1S/C13H15F2NO2/c14-11-4-3-9(6-12(11)15)7-13(18)16-5-1-2-10(16)8-17/h3-4,6,10,17H,1-2,5,7-8H2. The second kappa shape index (κ2) is 5.44. The van der Waals surface area contributed by atoms with Crippen molar-refractivity contribution in [2.24, 2.45) is 0 Å². The van der Waals surface area contributed by atoms with Crippen LogP contribution in [-0.4, -0.2) is 35.1 Å². The van der Waals surface area contributed by atoms with Crippen LogP contribution in [0.5, 0.6) is 0 Å². The fraction of sp³-hybridized carbons (Fsp3) is 0.462. The molecule has 18 heavy (non-hydrogen) atoms. The largest absolute Gasteiger partial charge is 0.394 e. The number of carbonyl (C=O) groups excluding carboxylic acids is 1. The maximum Gasteiger partial charge on any atom is 0.227 e. The molecule has 5 heteroatoms. The smallest absolute Gasteiger partial charge is 0.227 e. The molecular weight excluding hydrogens is 240 g/mol. The number of rotatable bonds is 3. The first kappa shape index (κ1) is 13.0. The summed E-state index contributed by atoms with van der Waals surface area (Å²) < 4.78 is 25.8. The maximum absolute atomic E-state index is 13.0. The van der Waals surface area contributed by atoms with Crippen LogP contribution in [0.4, 0.5) is 8.78 Å². The topological polar surface area (TPSA) is 40.5 Å². The molecule has 1 aliphatic heterocycles. The molecule has 1 N–H and O–H groups in total. The molecule has 3 nitrogen and oxygen atoms in total. The first-order chi connectivity index (χ1) is 8.61. The Morgan fingerprint density at radius 1 is 1.39 bits per heavy atom. The van der Waals surface area contributed by atoms with Crippen molar-refractivity contribution in [2.75, 3.05) is 13.2 Å². The van der Waals surface area contributed by atoms with E-state index in [1.165, 1.54) is 6.07 Å². The summed E-state index contributed by atoms with van der Waals surface area (Å²) in [6.07, 6.45) is 1.70. The van der Waals surface area contributed by atoms with Gasteiger partial charge in [0.05, 0.1) is 19.1 Å². The zero-order chi connectivity index (χ0) is 13.1. The molecule has 1 amide bonds. The van der Waals surface area contributed by atoms with E-state index in [2.05, 4.69) is 0 Å². The van der Waals surface area contributed by atoms with Gasteiger partial charge >= 0.3 is 0 Å². The van der Waals surface area contributed by atoms with Crippen LogP contribution >= 0.6 is 0 Å². The summed E-state index contributed by atoms with van der Waals surface area (Å²) in [5.41, 5.74) is 0.447. The molecule has 1 aromatic carbocycles. The van der Waals surface area contributed by atoms with Crippen LogP contribution in [0.25, 0.3) is 0 Å². The summed E-state index contributed by atoms with van der Waals surface area (Å²) in [6, 6.07) is 3.33. The van der Waals surface area contributed by atoms with Gasteiger partial charge in [0, 0.05) is 6.54 Å². The number of likely N-dealkylation sites (tertiary alicyclic amines) is 1. The van der Waals surface area contributed by atoms with Crippen molar-refractivity contribution >= 4 is 5.91 Å². The SMILES string of the molecule is O=C(Cc1ccc(F)c(F)c1)N1CCCC1CO. The number of aliphatic hydroxyl groups is 1. The van der Waals surface area contributed by atoms with Gasteiger partial charge in [0.2, 0.25) is 5.91 Å². The Morgan fingerprint density at radius 3 is 2.83 bits per heavy atom. The number of benzene rings is 1. The minimum atomic E-state index is -0.944. The average Bonchev–Trinajstić information content (AvgIpc) is 2.82. The predicted molar refractivity (Wildman–Crippen MR) is 61.9 cm³/mol. The van der Waals surface area contributed by atoms with E-state index in [1.807, 2.05) is 0 Å². The normalized spacial score (nSPS) is 19.3. The lowest BCUT2D eigenvalue weighted by atomic mass is 10.1. The van der Waals surface area contributed by atoms with E-state index in [4.69, 9.17) is 5.11 Å². The van der Waals surface area contributed by atoms with Gasteiger partial charge in [0.15, 0.2) is 11.6 Å². The quantitative estimate of drug-likeness (QED) is 0.889. The summed E-state index contributed by atoms with van der Waals surface area (Å²) in [5.74, 6) is -2.02. The molecule has 0 bridgehead atoms. The number of amides is 1. The zero-order valence-electron chi connectivity index (χ0n) is 9.90. The number of hydrogen-bond acceptors (Lipinski definition) is 2. The number of hydrogen-bond donors (Lipinski definition) is 1. The van der Waals surface area contributed by atoms with E-state index in [9.17, 15) is 13.6 Å². The highest BCUT2D eigenvalue weighted by molar-refractivity contribution is 5.79. The molecule has 98 valence electrons. The van der Waals surface area contributed by atoms with Gasteiger partial charge in [-0.05, 0) is 30.5 Å². The summed E-state index contributed by atoms with van der Waals surface area (Å²) >= 11 is 0. The molecule has 1 atom stereocenters. The van der Waals surface area contributed by atoms with Crippen molar-refractivity contribution in [1.29, 1.82) is 0 Å². The second-order valence-electron chi connectivity index (χ2n) is 4.49. The second-order valence-corrected chi connectivity index (χ2v) is 4.49. The zero-order valence-corrected chi connectivity index (χ0v) is 9.90. The van der Waals surface area contributed by atoms with Gasteiger partial charge in [-0.15, -0.1) is 0 Å². The van der Waals surface area contributed by atoms with Gasteiger partial charge in [-0.1, -0.05) is 6.07 Å².